The quantitative estimate of drug-likeness (QED) is 0.780. The second kappa shape index (κ2) is 7.67. The average Bonchev–Trinajstić information content (AvgIpc) is 2.92. The molecular weight excluding hydrogens is 328 g/mol. The number of amides is 1. The molecule has 2 rings (SSSR count). The number of rotatable bonds is 6. The predicted octanol–water partition coefficient (Wildman–Crippen LogP) is 1.75. The van der Waals surface area contributed by atoms with Crippen LogP contribution < -0.4 is 4.74 Å². The molecule has 0 spiro atoms. The third-order valence-corrected chi connectivity index (χ3v) is 6.06. The van der Waals surface area contributed by atoms with Gasteiger partial charge in [-0.2, -0.15) is 5.26 Å². The molecule has 0 N–H and O–H groups in total. The molecule has 2 atom stereocenters. The van der Waals surface area contributed by atoms with E-state index in [2.05, 4.69) is 0 Å². The lowest BCUT2D eigenvalue weighted by Gasteiger charge is -2.33. The fourth-order valence-corrected chi connectivity index (χ4v) is 4.61. The van der Waals surface area contributed by atoms with Crippen LogP contribution in [0, 0.1) is 11.3 Å². The molecule has 1 aromatic rings. The Bertz CT molecular complexity index is 739. The molecule has 1 aliphatic rings. The number of nitriles is 1. The maximum Gasteiger partial charge on any atom is 0.261 e. The molecule has 1 aromatic carbocycles. The lowest BCUT2D eigenvalue weighted by Crippen LogP contribution is -2.48. The van der Waals surface area contributed by atoms with Gasteiger partial charge in [0.15, 0.2) is 16.4 Å². The van der Waals surface area contributed by atoms with Gasteiger partial charge in [0, 0.05) is 12.1 Å². The predicted molar refractivity (Wildman–Crippen MR) is 90.3 cm³/mol. The van der Waals surface area contributed by atoms with Crippen molar-refractivity contribution in [1.82, 2.24) is 4.90 Å². The molecule has 1 saturated heterocycles. The van der Waals surface area contributed by atoms with E-state index >= 15 is 0 Å². The van der Waals surface area contributed by atoms with Gasteiger partial charge in [-0.3, -0.25) is 4.79 Å². The summed E-state index contributed by atoms with van der Waals surface area (Å²) in [5.74, 6) is 0.240. The highest BCUT2D eigenvalue weighted by Gasteiger charge is 2.36. The zero-order chi connectivity index (χ0) is 17.7. The number of para-hydroxylation sites is 1. The van der Waals surface area contributed by atoms with Crippen LogP contribution in [-0.4, -0.2) is 49.4 Å². The van der Waals surface area contributed by atoms with Crippen molar-refractivity contribution in [2.75, 3.05) is 18.1 Å². The van der Waals surface area contributed by atoms with Gasteiger partial charge in [0.05, 0.1) is 17.1 Å². The Balaban J connectivity index is 2.10. The van der Waals surface area contributed by atoms with Crippen molar-refractivity contribution in [2.45, 2.75) is 38.8 Å². The van der Waals surface area contributed by atoms with Gasteiger partial charge >= 0.3 is 0 Å². The van der Waals surface area contributed by atoms with Crippen molar-refractivity contribution in [3.05, 3.63) is 29.8 Å². The number of nitrogens with zero attached hydrogens (tertiary/aromatic N) is 2. The standard InChI is InChI=1S/C17H22N2O4S/c1-3-13(2)19(15-8-9-24(21,22)12-15)17(20)11-23-16-7-5-4-6-14(16)10-18/h4-7,13,15H,3,8-9,11-12H2,1-2H3/t13-,15-/m1/s1. The van der Waals surface area contributed by atoms with Crippen LogP contribution in [0.15, 0.2) is 24.3 Å². The number of ether oxygens (including phenoxy) is 1. The van der Waals surface area contributed by atoms with Crippen LogP contribution in [0.1, 0.15) is 32.3 Å². The topological polar surface area (TPSA) is 87.5 Å². The molecule has 0 bridgehead atoms. The largest absolute Gasteiger partial charge is 0.482 e. The van der Waals surface area contributed by atoms with Crippen LogP contribution in [0.4, 0.5) is 0 Å². The first-order valence-corrected chi connectivity index (χ1v) is 9.83. The van der Waals surface area contributed by atoms with Crippen molar-refractivity contribution in [2.24, 2.45) is 0 Å². The van der Waals surface area contributed by atoms with Gasteiger partial charge in [0.1, 0.15) is 11.8 Å². The van der Waals surface area contributed by atoms with Gasteiger partial charge in [-0.05, 0) is 31.9 Å². The Morgan fingerprint density at radius 2 is 2.17 bits per heavy atom. The molecule has 0 saturated carbocycles. The lowest BCUT2D eigenvalue weighted by molar-refractivity contribution is -0.137. The van der Waals surface area contributed by atoms with Gasteiger partial charge in [-0.15, -0.1) is 0 Å². The summed E-state index contributed by atoms with van der Waals surface area (Å²) in [6, 6.07) is 8.37. The molecule has 0 aromatic heterocycles. The molecule has 1 heterocycles. The van der Waals surface area contributed by atoms with Crippen molar-refractivity contribution in [3.63, 3.8) is 0 Å². The Morgan fingerprint density at radius 3 is 2.75 bits per heavy atom. The molecule has 1 fully saturated rings. The number of carbonyl (C=O) groups excluding carboxylic acids is 1. The van der Waals surface area contributed by atoms with E-state index in [9.17, 15) is 13.2 Å². The Morgan fingerprint density at radius 1 is 1.46 bits per heavy atom. The van der Waals surface area contributed by atoms with Crippen molar-refractivity contribution >= 4 is 15.7 Å². The minimum absolute atomic E-state index is 0.0118. The minimum Gasteiger partial charge on any atom is -0.482 e. The lowest BCUT2D eigenvalue weighted by atomic mass is 10.1. The fourth-order valence-electron chi connectivity index (χ4n) is 2.90. The molecule has 0 radical (unpaired) electrons. The first-order valence-electron chi connectivity index (χ1n) is 8.01. The molecule has 0 unspecified atom stereocenters. The summed E-state index contributed by atoms with van der Waals surface area (Å²) in [4.78, 5) is 14.3. The fraction of sp³-hybridized carbons (Fsp3) is 0.529. The monoisotopic (exact) mass is 350 g/mol. The average molecular weight is 350 g/mol. The molecule has 0 aliphatic carbocycles. The van der Waals surface area contributed by atoms with E-state index in [1.54, 1.807) is 29.2 Å². The number of hydrogen-bond donors (Lipinski definition) is 0. The molecule has 1 aliphatic heterocycles. The van der Waals surface area contributed by atoms with Crippen molar-refractivity contribution in [1.29, 1.82) is 5.26 Å². The SMILES string of the molecule is CC[C@@H](C)N(C(=O)COc1ccccc1C#N)[C@@H]1CCS(=O)(=O)C1. The first kappa shape index (κ1) is 18.3. The van der Waals surface area contributed by atoms with Crippen LogP contribution in [-0.2, 0) is 14.6 Å². The molecule has 24 heavy (non-hydrogen) atoms. The summed E-state index contributed by atoms with van der Waals surface area (Å²) in [7, 11) is -3.07. The number of carbonyl (C=O) groups is 1. The van der Waals surface area contributed by atoms with Gasteiger partial charge < -0.3 is 9.64 Å². The van der Waals surface area contributed by atoms with Gasteiger partial charge in [-0.1, -0.05) is 19.1 Å². The molecular formula is C17H22N2O4S. The van der Waals surface area contributed by atoms with Gasteiger partial charge in [-0.25, -0.2) is 8.42 Å². The Hall–Kier alpha value is -2.07. The smallest absolute Gasteiger partial charge is 0.261 e. The third-order valence-electron chi connectivity index (χ3n) is 4.31. The second-order valence-electron chi connectivity index (χ2n) is 6.01. The first-order chi connectivity index (χ1) is 11.4. The van der Waals surface area contributed by atoms with Crippen LogP contribution in [0.2, 0.25) is 0 Å². The number of hydrogen-bond acceptors (Lipinski definition) is 5. The molecule has 6 nitrogen and oxygen atoms in total. The van der Waals surface area contributed by atoms with E-state index in [0.29, 0.717) is 17.7 Å². The number of benzene rings is 1. The van der Waals surface area contributed by atoms with Crippen LogP contribution >= 0.6 is 0 Å². The minimum atomic E-state index is -3.07. The number of sulfone groups is 1. The van der Waals surface area contributed by atoms with Crippen LogP contribution in [0.3, 0.4) is 0 Å². The normalized spacial score (nSPS) is 20.1. The van der Waals surface area contributed by atoms with Crippen LogP contribution in [0.5, 0.6) is 5.75 Å². The summed E-state index contributed by atoms with van der Waals surface area (Å²) in [5.41, 5.74) is 0.365. The van der Waals surface area contributed by atoms with Gasteiger partial charge in [0.25, 0.3) is 5.91 Å². The van der Waals surface area contributed by atoms with Gasteiger partial charge in [0.2, 0.25) is 0 Å². The van der Waals surface area contributed by atoms with Crippen molar-refractivity contribution in [3.8, 4) is 11.8 Å². The Labute approximate surface area is 142 Å². The zero-order valence-corrected chi connectivity index (χ0v) is 14.8. The zero-order valence-electron chi connectivity index (χ0n) is 13.9. The van der Waals surface area contributed by atoms with E-state index in [1.807, 2.05) is 19.9 Å². The highest BCUT2D eigenvalue weighted by atomic mass is 32.2. The summed E-state index contributed by atoms with van der Waals surface area (Å²) in [6.07, 6.45) is 1.20. The highest BCUT2D eigenvalue weighted by molar-refractivity contribution is 7.91. The molecule has 7 heteroatoms. The molecule has 1 amide bonds. The van der Waals surface area contributed by atoms with E-state index in [-0.39, 0.29) is 36.1 Å². The molecule has 130 valence electrons. The summed E-state index contributed by atoms with van der Waals surface area (Å²) in [5, 5.41) is 9.06. The van der Waals surface area contributed by atoms with Crippen LogP contribution in [0.25, 0.3) is 0 Å². The maximum absolute atomic E-state index is 12.6. The van der Waals surface area contributed by atoms with Crippen molar-refractivity contribution < 1.29 is 17.9 Å². The van der Waals surface area contributed by atoms with E-state index in [0.717, 1.165) is 6.42 Å². The third kappa shape index (κ3) is 4.26. The highest BCUT2D eigenvalue weighted by Crippen LogP contribution is 2.22. The maximum atomic E-state index is 12.6. The summed E-state index contributed by atoms with van der Waals surface area (Å²) >= 11 is 0. The second-order valence-corrected chi connectivity index (χ2v) is 8.24. The van der Waals surface area contributed by atoms with E-state index < -0.39 is 9.84 Å². The Kier molecular flexibility index (Phi) is 5.84. The summed E-state index contributed by atoms with van der Waals surface area (Å²) < 4.78 is 29.0. The van der Waals surface area contributed by atoms with E-state index in [4.69, 9.17) is 10.00 Å². The van der Waals surface area contributed by atoms with E-state index in [1.165, 1.54) is 0 Å². The summed E-state index contributed by atoms with van der Waals surface area (Å²) in [6.45, 7) is 3.66.